The second-order valence-electron chi connectivity index (χ2n) is 8.01. The van der Waals surface area contributed by atoms with Gasteiger partial charge in [-0.15, -0.1) is 0 Å². The lowest BCUT2D eigenvalue weighted by Crippen LogP contribution is -2.00. The molecule has 8 heteroatoms. The van der Waals surface area contributed by atoms with Gasteiger partial charge in [-0.1, -0.05) is 24.3 Å². The summed E-state index contributed by atoms with van der Waals surface area (Å²) in [5.74, 6) is 2.49. The van der Waals surface area contributed by atoms with Crippen molar-refractivity contribution in [1.82, 2.24) is 0 Å². The lowest BCUT2D eigenvalue weighted by molar-refractivity contribution is 0.104. The summed E-state index contributed by atoms with van der Waals surface area (Å²) in [6, 6.07) is 12.7. The molecule has 0 aliphatic carbocycles. The first-order valence-electron chi connectivity index (χ1n) is 11.4. The van der Waals surface area contributed by atoms with Gasteiger partial charge in [0.1, 0.15) is 0 Å². The second-order valence-corrected chi connectivity index (χ2v) is 8.01. The van der Waals surface area contributed by atoms with Gasteiger partial charge in [-0.2, -0.15) is 0 Å². The van der Waals surface area contributed by atoms with Crippen LogP contribution >= 0.6 is 0 Å². The minimum atomic E-state index is -0.177. The average Bonchev–Trinajstić information content (AvgIpc) is 2.92. The summed E-state index contributed by atoms with van der Waals surface area (Å²) in [5, 5.41) is 3.13. The third-order valence-electron chi connectivity index (χ3n) is 5.69. The summed E-state index contributed by atoms with van der Waals surface area (Å²) in [7, 11) is 7.83. The van der Waals surface area contributed by atoms with Crippen molar-refractivity contribution in [3.63, 3.8) is 0 Å². The van der Waals surface area contributed by atoms with E-state index in [1.807, 2.05) is 49.4 Å². The van der Waals surface area contributed by atoms with Gasteiger partial charge in [0.05, 0.1) is 41.2 Å². The molecule has 194 valence electrons. The van der Waals surface area contributed by atoms with Crippen molar-refractivity contribution in [3.05, 3.63) is 77.0 Å². The van der Waals surface area contributed by atoms with Gasteiger partial charge >= 0.3 is 0 Å². The largest absolute Gasteiger partial charge is 0.493 e. The van der Waals surface area contributed by atoms with E-state index in [0.29, 0.717) is 45.7 Å². The number of carbonyl (C=O) groups is 1. The molecule has 0 unspecified atom stereocenters. The van der Waals surface area contributed by atoms with E-state index >= 15 is 0 Å². The number of nitrogen functional groups attached to an aromatic ring is 1. The Kier molecular flexibility index (Phi) is 9.05. The van der Waals surface area contributed by atoms with E-state index in [1.54, 1.807) is 53.9 Å². The van der Waals surface area contributed by atoms with Crippen LogP contribution in [-0.4, -0.2) is 41.3 Å². The summed E-state index contributed by atoms with van der Waals surface area (Å²) in [4.78, 5) is 12.6. The zero-order chi connectivity index (χ0) is 26.9. The van der Waals surface area contributed by atoms with Crippen LogP contribution in [0.25, 0.3) is 12.2 Å². The van der Waals surface area contributed by atoms with Crippen LogP contribution in [0.4, 0.5) is 11.4 Å². The van der Waals surface area contributed by atoms with Crippen LogP contribution in [0.2, 0.25) is 0 Å². The highest BCUT2D eigenvalue weighted by Gasteiger charge is 2.14. The van der Waals surface area contributed by atoms with Crippen molar-refractivity contribution in [2.24, 2.45) is 0 Å². The maximum Gasteiger partial charge on any atom is 0.203 e. The number of hydrogen-bond donors (Lipinski definition) is 2. The number of methoxy groups -OCH3 is 5. The number of ketones is 1. The molecule has 0 saturated carbocycles. The van der Waals surface area contributed by atoms with E-state index in [-0.39, 0.29) is 5.78 Å². The van der Waals surface area contributed by atoms with Crippen LogP contribution in [0.5, 0.6) is 28.7 Å². The lowest BCUT2D eigenvalue weighted by atomic mass is 10.1. The first kappa shape index (κ1) is 27.0. The van der Waals surface area contributed by atoms with Crippen LogP contribution in [0.15, 0.2) is 54.7 Å². The first-order valence-corrected chi connectivity index (χ1v) is 11.4. The molecule has 3 aromatic carbocycles. The van der Waals surface area contributed by atoms with Gasteiger partial charge < -0.3 is 34.7 Å². The summed E-state index contributed by atoms with van der Waals surface area (Å²) in [5.41, 5.74) is 10.2. The molecule has 3 aromatic rings. The number of allylic oxidation sites excluding steroid dienone is 1. The van der Waals surface area contributed by atoms with Crippen LogP contribution in [0, 0.1) is 6.92 Å². The summed E-state index contributed by atoms with van der Waals surface area (Å²) >= 11 is 0. The Balaban J connectivity index is 1.89. The van der Waals surface area contributed by atoms with Gasteiger partial charge in [-0.05, 0) is 53.9 Å². The molecule has 0 aliphatic rings. The molecule has 0 fully saturated rings. The SMILES string of the molecule is COc1cc(/C=C\c2cc(OC)c(OC)c(OC)c2)cc(N/C=C\C(=O)c2ccc(C)c(N)c2)c1OC. The molecular formula is C29H32N2O6. The van der Waals surface area contributed by atoms with Crippen molar-refractivity contribution in [3.8, 4) is 28.7 Å². The van der Waals surface area contributed by atoms with E-state index in [0.717, 1.165) is 16.7 Å². The van der Waals surface area contributed by atoms with Crippen molar-refractivity contribution >= 4 is 29.3 Å². The Morgan fingerprint density at radius 3 is 1.81 bits per heavy atom. The Morgan fingerprint density at radius 2 is 1.30 bits per heavy atom. The van der Waals surface area contributed by atoms with Crippen molar-refractivity contribution in [2.45, 2.75) is 6.92 Å². The van der Waals surface area contributed by atoms with Crippen molar-refractivity contribution in [1.29, 1.82) is 0 Å². The number of ether oxygens (including phenoxy) is 5. The summed E-state index contributed by atoms with van der Waals surface area (Å²) in [6.07, 6.45) is 6.82. The van der Waals surface area contributed by atoms with Gasteiger partial charge in [0.25, 0.3) is 0 Å². The van der Waals surface area contributed by atoms with Crippen molar-refractivity contribution < 1.29 is 28.5 Å². The van der Waals surface area contributed by atoms with Crippen LogP contribution in [0.3, 0.4) is 0 Å². The molecular weight excluding hydrogens is 472 g/mol. The summed E-state index contributed by atoms with van der Waals surface area (Å²) < 4.78 is 27.3. The molecule has 0 radical (unpaired) electrons. The van der Waals surface area contributed by atoms with E-state index < -0.39 is 0 Å². The molecule has 0 aliphatic heterocycles. The number of rotatable bonds is 11. The zero-order valence-electron chi connectivity index (χ0n) is 21.9. The smallest absolute Gasteiger partial charge is 0.203 e. The molecule has 37 heavy (non-hydrogen) atoms. The predicted molar refractivity (Wildman–Crippen MR) is 147 cm³/mol. The van der Waals surface area contributed by atoms with Gasteiger partial charge in [0.15, 0.2) is 28.8 Å². The molecule has 0 spiro atoms. The quantitative estimate of drug-likeness (QED) is 0.151. The second kappa shape index (κ2) is 12.4. The standard InChI is InChI=1S/C29H32N2O6/c1-18-7-10-21(17-22(18)30)24(32)11-12-31-23-13-19(14-25(33-2)28(23)36-5)8-9-20-15-26(34-3)29(37-6)27(16-20)35-4/h7-17,31H,30H2,1-6H3/b9-8-,12-11-. The number of aryl methyl sites for hydroxylation is 1. The van der Waals surface area contributed by atoms with E-state index in [4.69, 9.17) is 29.4 Å². The maximum atomic E-state index is 12.6. The fourth-order valence-corrected chi connectivity index (χ4v) is 3.68. The van der Waals surface area contributed by atoms with Gasteiger partial charge in [-0.25, -0.2) is 0 Å². The molecule has 0 amide bonds. The Bertz CT molecular complexity index is 1310. The zero-order valence-corrected chi connectivity index (χ0v) is 21.9. The average molecular weight is 505 g/mol. The molecule has 0 heterocycles. The first-order chi connectivity index (χ1) is 17.8. The Hall–Kier alpha value is -4.59. The summed E-state index contributed by atoms with van der Waals surface area (Å²) in [6.45, 7) is 1.89. The molecule has 0 atom stereocenters. The van der Waals surface area contributed by atoms with Crippen molar-refractivity contribution in [2.75, 3.05) is 46.6 Å². The maximum absolute atomic E-state index is 12.6. The molecule has 3 rings (SSSR count). The third kappa shape index (κ3) is 6.35. The molecule has 0 aromatic heterocycles. The fourth-order valence-electron chi connectivity index (χ4n) is 3.68. The molecule has 8 nitrogen and oxygen atoms in total. The van der Waals surface area contributed by atoms with E-state index in [9.17, 15) is 4.79 Å². The number of benzene rings is 3. The molecule has 0 saturated heterocycles. The third-order valence-corrected chi connectivity index (χ3v) is 5.69. The number of nitrogens with one attached hydrogen (secondary N) is 1. The Morgan fingerprint density at radius 1 is 0.757 bits per heavy atom. The van der Waals surface area contributed by atoms with Crippen LogP contribution in [-0.2, 0) is 0 Å². The predicted octanol–water partition coefficient (Wildman–Crippen LogP) is 5.60. The fraction of sp³-hybridized carbons (Fsp3) is 0.207. The Labute approximate surface area is 217 Å². The topological polar surface area (TPSA) is 101 Å². The highest BCUT2D eigenvalue weighted by Crippen LogP contribution is 2.40. The molecule has 3 N–H and O–H groups in total. The van der Waals surface area contributed by atoms with E-state index in [1.165, 1.54) is 6.08 Å². The lowest BCUT2D eigenvalue weighted by Gasteiger charge is -2.14. The minimum Gasteiger partial charge on any atom is -0.493 e. The highest BCUT2D eigenvalue weighted by atomic mass is 16.5. The van der Waals surface area contributed by atoms with Crippen LogP contribution < -0.4 is 34.7 Å². The number of carbonyl (C=O) groups excluding carboxylic acids is 1. The minimum absolute atomic E-state index is 0.177. The van der Waals surface area contributed by atoms with E-state index in [2.05, 4.69) is 5.32 Å². The number of anilines is 2. The normalized spacial score (nSPS) is 11.0. The van der Waals surface area contributed by atoms with Gasteiger partial charge in [0.2, 0.25) is 5.75 Å². The number of nitrogens with two attached hydrogens (primary N) is 1. The van der Waals surface area contributed by atoms with Crippen LogP contribution in [0.1, 0.15) is 27.0 Å². The van der Waals surface area contributed by atoms with Gasteiger partial charge in [0, 0.05) is 23.5 Å². The molecule has 0 bridgehead atoms. The highest BCUT2D eigenvalue weighted by molar-refractivity contribution is 6.05. The van der Waals surface area contributed by atoms with Gasteiger partial charge in [-0.3, -0.25) is 4.79 Å². The number of hydrogen-bond acceptors (Lipinski definition) is 8. The monoisotopic (exact) mass is 504 g/mol.